The molecule has 0 fully saturated rings. The van der Waals surface area contributed by atoms with Crippen molar-refractivity contribution in [3.63, 3.8) is 0 Å². The van der Waals surface area contributed by atoms with Gasteiger partial charge < -0.3 is 4.74 Å². The largest absolute Gasteiger partial charge is 0.480 e. The number of ether oxygens (including phenoxy) is 1. The first-order chi connectivity index (χ1) is 11.6. The van der Waals surface area contributed by atoms with Crippen LogP contribution < -0.4 is 10.2 Å². The van der Waals surface area contributed by atoms with Crippen LogP contribution in [0.3, 0.4) is 0 Å². The van der Waals surface area contributed by atoms with Gasteiger partial charge in [-0.2, -0.15) is 5.10 Å². The lowest BCUT2D eigenvalue weighted by atomic mass is 10.1. The Hall–Kier alpha value is -2.18. The minimum atomic E-state index is -0.650. The van der Waals surface area contributed by atoms with Crippen LogP contribution in [-0.4, -0.2) is 18.2 Å². The second-order valence-corrected chi connectivity index (χ2v) is 7.61. The molecular formula is C18H15BrN2O2S. The molecule has 3 rings (SSSR count). The van der Waals surface area contributed by atoms with Crippen LogP contribution in [0.1, 0.15) is 11.8 Å². The number of halogens is 1. The zero-order valence-electron chi connectivity index (χ0n) is 12.9. The number of rotatable bonds is 5. The van der Waals surface area contributed by atoms with E-state index >= 15 is 0 Å². The number of hydrogen-bond acceptors (Lipinski definition) is 4. The molecule has 0 bridgehead atoms. The quantitative estimate of drug-likeness (QED) is 0.501. The number of thiophene rings is 1. The normalized spacial score (nSPS) is 12.4. The minimum Gasteiger partial charge on any atom is -0.480 e. The molecule has 0 aliphatic carbocycles. The number of carbonyl (C=O) groups is 1. The first kappa shape index (κ1) is 16.7. The van der Waals surface area contributed by atoms with E-state index in [0.717, 1.165) is 19.4 Å². The number of hydrogen-bond donors (Lipinski definition) is 1. The third kappa shape index (κ3) is 4.01. The molecule has 0 spiro atoms. The van der Waals surface area contributed by atoms with Gasteiger partial charge in [0.25, 0.3) is 5.91 Å². The molecule has 0 saturated heterocycles. The standard InChI is InChI=1S/C18H15BrN2O2S/c1-12(18(22)21-20-11-14-9-10-17(19)24-14)23-16-8-4-6-13-5-2-3-7-15(13)16/h2-12H,1H3,(H,21,22)/b20-11+. The lowest BCUT2D eigenvalue weighted by Crippen LogP contribution is -2.33. The number of nitrogens with one attached hydrogen (secondary N) is 1. The first-order valence-corrected chi connectivity index (χ1v) is 8.97. The summed E-state index contributed by atoms with van der Waals surface area (Å²) in [6.07, 6.45) is 0.959. The Morgan fingerprint density at radius 3 is 2.79 bits per heavy atom. The zero-order chi connectivity index (χ0) is 16.9. The molecule has 1 amide bonds. The molecule has 0 aliphatic heterocycles. The molecule has 0 saturated carbocycles. The van der Waals surface area contributed by atoms with Gasteiger partial charge in [0.1, 0.15) is 5.75 Å². The Labute approximate surface area is 152 Å². The average Bonchev–Trinajstić information content (AvgIpc) is 3.00. The molecule has 0 radical (unpaired) electrons. The summed E-state index contributed by atoms with van der Waals surface area (Å²) in [5.41, 5.74) is 2.51. The third-order valence-electron chi connectivity index (χ3n) is 3.38. The fraction of sp³-hybridized carbons (Fsp3) is 0.111. The highest BCUT2D eigenvalue weighted by molar-refractivity contribution is 9.11. The maximum absolute atomic E-state index is 12.1. The first-order valence-electron chi connectivity index (χ1n) is 7.36. The zero-order valence-corrected chi connectivity index (χ0v) is 15.3. The van der Waals surface area contributed by atoms with Crippen molar-refractivity contribution in [2.45, 2.75) is 13.0 Å². The summed E-state index contributed by atoms with van der Waals surface area (Å²) in [6.45, 7) is 1.70. The summed E-state index contributed by atoms with van der Waals surface area (Å²) in [7, 11) is 0. The average molecular weight is 403 g/mol. The van der Waals surface area contributed by atoms with Gasteiger partial charge in [0.05, 0.1) is 10.0 Å². The molecule has 3 aromatic rings. The SMILES string of the molecule is CC(Oc1cccc2ccccc12)C(=O)N/N=C/c1ccc(Br)s1. The molecule has 1 unspecified atom stereocenters. The summed E-state index contributed by atoms with van der Waals surface area (Å²) < 4.78 is 6.82. The fourth-order valence-corrected chi connectivity index (χ4v) is 3.49. The molecule has 122 valence electrons. The Morgan fingerprint density at radius 1 is 1.21 bits per heavy atom. The number of fused-ring (bicyclic) bond motifs is 1. The van der Waals surface area contributed by atoms with Crippen LogP contribution in [0.5, 0.6) is 5.75 Å². The molecule has 1 heterocycles. The van der Waals surface area contributed by atoms with Crippen LogP contribution in [0.2, 0.25) is 0 Å². The predicted molar refractivity (Wildman–Crippen MR) is 102 cm³/mol. The van der Waals surface area contributed by atoms with Crippen LogP contribution in [0.15, 0.2) is 63.5 Å². The van der Waals surface area contributed by atoms with Crippen molar-refractivity contribution in [3.05, 3.63) is 63.3 Å². The molecule has 0 aliphatic rings. The van der Waals surface area contributed by atoms with Gasteiger partial charge in [0, 0.05) is 10.3 Å². The smallest absolute Gasteiger partial charge is 0.280 e. The Balaban J connectivity index is 1.64. The van der Waals surface area contributed by atoms with Gasteiger partial charge in [-0.15, -0.1) is 11.3 Å². The fourth-order valence-electron chi connectivity index (χ4n) is 2.19. The van der Waals surface area contributed by atoms with Crippen molar-refractivity contribution in [2.24, 2.45) is 5.10 Å². The van der Waals surface area contributed by atoms with Crippen LogP contribution in [-0.2, 0) is 4.79 Å². The minimum absolute atomic E-state index is 0.296. The van der Waals surface area contributed by atoms with Crippen molar-refractivity contribution in [1.29, 1.82) is 0 Å². The lowest BCUT2D eigenvalue weighted by molar-refractivity contribution is -0.127. The lowest BCUT2D eigenvalue weighted by Gasteiger charge is -2.14. The van der Waals surface area contributed by atoms with Gasteiger partial charge >= 0.3 is 0 Å². The van der Waals surface area contributed by atoms with Crippen LogP contribution in [0, 0.1) is 0 Å². The van der Waals surface area contributed by atoms with Gasteiger partial charge in [0.2, 0.25) is 0 Å². The molecular weight excluding hydrogens is 388 g/mol. The highest BCUT2D eigenvalue weighted by atomic mass is 79.9. The Kier molecular flexibility index (Phi) is 5.27. The van der Waals surface area contributed by atoms with E-state index in [0.29, 0.717) is 5.75 Å². The Bertz CT molecular complexity index is 886. The number of nitrogens with zero attached hydrogens (tertiary/aromatic N) is 1. The summed E-state index contributed by atoms with van der Waals surface area (Å²) in [5.74, 6) is 0.386. The van der Waals surface area contributed by atoms with Gasteiger partial charge in [0.15, 0.2) is 6.10 Å². The van der Waals surface area contributed by atoms with E-state index in [1.807, 2.05) is 54.6 Å². The number of hydrazone groups is 1. The number of benzene rings is 2. The van der Waals surface area contributed by atoms with E-state index in [9.17, 15) is 4.79 Å². The van der Waals surface area contributed by atoms with E-state index in [1.165, 1.54) is 11.3 Å². The topological polar surface area (TPSA) is 50.7 Å². The van der Waals surface area contributed by atoms with Crippen molar-refractivity contribution in [2.75, 3.05) is 0 Å². The molecule has 24 heavy (non-hydrogen) atoms. The van der Waals surface area contributed by atoms with Gasteiger partial charge in [-0.25, -0.2) is 5.43 Å². The highest BCUT2D eigenvalue weighted by Crippen LogP contribution is 2.26. The van der Waals surface area contributed by atoms with E-state index in [1.54, 1.807) is 13.1 Å². The van der Waals surface area contributed by atoms with Crippen molar-refractivity contribution in [1.82, 2.24) is 5.43 Å². The summed E-state index contributed by atoms with van der Waals surface area (Å²) in [6, 6.07) is 17.5. The Morgan fingerprint density at radius 2 is 2.00 bits per heavy atom. The van der Waals surface area contributed by atoms with Crippen molar-refractivity contribution in [3.8, 4) is 5.75 Å². The van der Waals surface area contributed by atoms with E-state index in [2.05, 4.69) is 26.5 Å². The van der Waals surface area contributed by atoms with Gasteiger partial charge in [-0.1, -0.05) is 36.4 Å². The summed E-state index contributed by atoms with van der Waals surface area (Å²) in [5, 5.41) is 6.02. The second kappa shape index (κ2) is 7.59. The van der Waals surface area contributed by atoms with Gasteiger partial charge in [-0.3, -0.25) is 4.79 Å². The predicted octanol–water partition coefficient (Wildman–Crippen LogP) is 4.58. The maximum atomic E-state index is 12.1. The number of amides is 1. The van der Waals surface area contributed by atoms with Gasteiger partial charge in [-0.05, 0) is 46.4 Å². The van der Waals surface area contributed by atoms with Crippen molar-refractivity contribution < 1.29 is 9.53 Å². The monoisotopic (exact) mass is 402 g/mol. The summed E-state index contributed by atoms with van der Waals surface area (Å²) in [4.78, 5) is 13.1. The van der Waals surface area contributed by atoms with Crippen LogP contribution in [0.25, 0.3) is 10.8 Å². The van der Waals surface area contributed by atoms with E-state index in [-0.39, 0.29) is 5.91 Å². The highest BCUT2D eigenvalue weighted by Gasteiger charge is 2.15. The van der Waals surface area contributed by atoms with E-state index < -0.39 is 6.10 Å². The second-order valence-electron chi connectivity index (χ2n) is 5.11. The van der Waals surface area contributed by atoms with E-state index in [4.69, 9.17) is 4.74 Å². The molecule has 2 aromatic carbocycles. The van der Waals surface area contributed by atoms with Crippen molar-refractivity contribution >= 4 is 50.2 Å². The number of carbonyl (C=O) groups excluding carboxylic acids is 1. The molecule has 4 nitrogen and oxygen atoms in total. The molecule has 1 aromatic heterocycles. The molecule has 6 heteroatoms. The van der Waals surface area contributed by atoms with Crippen LogP contribution in [0.4, 0.5) is 0 Å². The maximum Gasteiger partial charge on any atom is 0.280 e. The molecule has 1 N–H and O–H groups in total. The van der Waals surface area contributed by atoms with Crippen LogP contribution >= 0.6 is 27.3 Å². The third-order valence-corrected chi connectivity index (χ3v) is 4.94. The molecule has 1 atom stereocenters. The summed E-state index contributed by atoms with van der Waals surface area (Å²) >= 11 is 4.92.